The van der Waals surface area contributed by atoms with Crippen LogP contribution in [0.25, 0.3) is 0 Å². The Bertz CT molecular complexity index is 650. The van der Waals surface area contributed by atoms with Crippen molar-refractivity contribution in [2.24, 2.45) is 0 Å². The molecule has 2 rings (SSSR count). The predicted molar refractivity (Wildman–Crippen MR) is 83.4 cm³/mol. The number of hydrogen-bond acceptors (Lipinski definition) is 5. The minimum absolute atomic E-state index is 0.00212. The number of carboxylic acids is 1. The third kappa shape index (κ3) is 3.95. The van der Waals surface area contributed by atoms with Gasteiger partial charge in [0.05, 0.1) is 6.54 Å². The van der Waals surface area contributed by atoms with E-state index in [1.54, 1.807) is 20.8 Å². The quantitative estimate of drug-likeness (QED) is 0.713. The van der Waals surface area contributed by atoms with Crippen molar-refractivity contribution < 1.29 is 29.3 Å². The molecule has 8 nitrogen and oxygen atoms in total. The molecule has 0 unspecified atom stereocenters. The highest BCUT2D eigenvalue weighted by Crippen LogP contribution is 2.28. The molecule has 1 saturated heterocycles. The Balaban J connectivity index is 2.03. The Morgan fingerprint density at radius 3 is 2.33 bits per heavy atom. The fraction of sp³-hybridized carbons (Fsp3) is 0.438. The van der Waals surface area contributed by atoms with E-state index in [2.05, 4.69) is 5.32 Å². The number of ether oxygens (including phenoxy) is 1. The number of phenolic OH excluding ortho intramolecular Hbond substituents is 1. The smallest absolute Gasteiger partial charge is 0.408 e. The Kier molecular flexibility index (Phi) is 4.68. The molecule has 8 heteroatoms. The summed E-state index contributed by atoms with van der Waals surface area (Å²) < 4.78 is 5.07. The van der Waals surface area contributed by atoms with Crippen LogP contribution < -0.4 is 5.32 Å². The van der Waals surface area contributed by atoms with Gasteiger partial charge in [-0.25, -0.2) is 9.59 Å². The second-order valence-electron chi connectivity index (χ2n) is 6.52. The second-order valence-corrected chi connectivity index (χ2v) is 6.52. The fourth-order valence-corrected chi connectivity index (χ4v) is 2.35. The normalized spacial score (nSPS) is 18.5. The van der Waals surface area contributed by atoms with Gasteiger partial charge in [-0.15, -0.1) is 0 Å². The lowest BCUT2D eigenvalue weighted by Crippen LogP contribution is -2.65. The van der Waals surface area contributed by atoms with Crippen LogP contribution in [-0.2, 0) is 14.3 Å². The van der Waals surface area contributed by atoms with Crippen molar-refractivity contribution in [3.8, 4) is 5.75 Å². The molecule has 1 aliphatic heterocycles. The number of rotatable bonds is 4. The van der Waals surface area contributed by atoms with Crippen molar-refractivity contribution in [2.45, 2.75) is 38.5 Å². The summed E-state index contributed by atoms with van der Waals surface area (Å²) in [6.07, 6.45) is -0.725. The SMILES string of the molecule is CC(C)(C)OC(=O)N[C@H]1CN([C@@H](C(=O)O)c2ccc(O)cc2)C1=O. The van der Waals surface area contributed by atoms with Crippen molar-refractivity contribution in [3.05, 3.63) is 29.8 Å². The molecule has 0 saturated carbocycles. The molecule has 0 bridgehead atoms. The van der Waals surface area contributed by atoms with E-state index < -0.39 is 35.7 Å². The number of aromatic hydroxyl groups is 1. The molecule has 2 amide bonds. The summed E-state index contributed by atoms with van der Waals surface area (Å²) in [6, 6.07) is 3.61. The maximum atomic E-state index is 12.2. The minimum atomic E-state index is -1.19. The summed E-state index contributed by atoms with van der Waals surface area (Å²) >= 11 is 0. The largest absolute Gasteiger partial charge is 0.508 e. The standard InChI is InChI=1S/C16H20N2O6/c1-16(2,3)24-15(23)17-11-8-18(13(11)20)12(14(21)22)9-4-6-10(19)7-5-9/h4-7,11-12,19H,8H2,1-3H3,(H,17,23)(H,21,22)/t11-,12+/m0/s1. The molecular formula is C16H20N2O6. The molecule has 130 valence electrons. The van der Waals surface area contributed by atoms with Crippen molar-refractivity contribution >= 4 is 18.0 Å². The Morgan fingerprint density at radius 2 is 1.88 bits per heavy atom. The molecule has 1 aromatic rings. The highest BCUT2D eigenvalue weighted by Gasteiger charge is 2.45. The lowest BCUT2D eigenvalue weighted by molar-refractivity contribution is -0.159. The predicted octanol–water partition coefficient (Wildman–Crippen LogP) is 1.25. The van der Waals surface area contributed by atoms with Gasteiger partial charge >= 0.3 is 12.1 Å². The average molecular weight is 336 g/mol. The summed E-state index contributed by atoms with van der Waals surface area (Å²) in [4.78, 5) is 36.5. The first-order valence-electron chi connectivity index (χ1n) is 7.40. The van der Waals surface area contributed by atoms with Gasteiger partial charge in [0.25, 0.3) is 0 Å². The summed E-state index contributed by atoms with van der Waals surface area (Å²) in [6.45, 7) is 5.17. The molecule has 3 N–H and O–H groups in total. The molecule has 0 aromatic heterocycles. The van der Waals surface area contributed by atoms with E-state index in [1.165, 1.54) is 24.3 Å². The molecule has 1 aromatic carbocycles. The van der Waals surface area contributed by atoms with E-state index >= 15 is 0 Å². The van der Waals surface area contributed by atoms with Crippen LogP contribution in [0.3, 0.4) is 0 Å². The zero-order chi connectivity index (χ0) is 18.1. The van der Waals surface area contributed by atoms with Crippen LogP contribution >= 0.6 is 0 Å². The Hall–Kier alpha value is -2.77. The summed E-state index contributed by atoms with van der Waals surface area (Å²) in [5.41, 5.74) is -0.323. The number of aliphatic carboxylic acids is 1. The number of carboxylic acid groups (broad SMARTS) is 1. The maximum absolute atomic E-state index is 12.2. The highest BCUT2D eigenvalue weighted by molar-refractivity contribution is 5.94. The number of phenols is 1. The topological polar surface area (TPSA) is 116 Å². The van der Waals surface area contributed by atoms with Crippen LogP contribution in [0.4, 0.5) is 4.79 Å². The van der Waals surface area contributed by atoms with Gasteiger partial charge in [-0.05, 0) is 38.5 Å². The number of nitrogens with one attached hydrogen (secondary N) is 1. The van der Waals surface area contributed by atoms with Crippen LogP contribution in [-0.4, -0.2) is 51.3 Å². The molecular weight excluding hydrogens is 316 g/mol. The first-order valence-corrected chi connectivity index (χ1v) is 7.40. The van der Waals surface area contributed by atoms with Crippen molar-refractivity contribution in [1.82, 2.24) is 10.2 Å². The van der Waals surface area contributed by atoms with Gasteiger partial charge in [0.2, 0.25) is 5.91 Å². The zero-order valence-corrected chi connectivity index (χ0v) is 13.6. The van der Waals surface area contributed by atoms with E-state index in [1.807, 2.05) is 0 Å². The number of hydrogen-bond donors (Lipinski definition) is 3. The third-order valence-corrected chi connectivity index (χ3v) is 3.41. The monoisotopic (exact) mass is 336 g/mol. The number of carbonyl (C=O) groups is 3. The van der Waals surface area contributed by atoms with Crippen molar-refractivity contribution in [3.63, 3.8) is 0 Å². The molecule has 0 aliphatic carbocycles. The molecule has 0 spiro atoms. The van der Waals surface area contributed by atoms with Gasteiger partial charge in [-0.1, -0.05) is 12.1 Å². The number of likely N-dealkylation sites (tertiary alicyclic amines) is 1. The molecule has 24 heavy (non-hydrogen) atoms. The zero-order valence-electron chi connectivity index (χ0n) is 13.6. The van der Waals surface area contributed by atoms with Crippen LogP contribution in [0.2, 0.25) is 0 Å². The average Bonchev–Trinajstić information content (AvgIpc) is 2.45. The van der Waals surface area contributed by atoms with Gasteiger partial charge in [-0.3, -0.25) is 4.79 Å². The number of alkyl carbamates (subject to hydrolysis) is 1. The van der Waals surface area contributed by atoms with E-state index in [9.17, 15) is 24.6 Å². The lowest BCUT2D eigenvalue weighted by atomic mass is 9.98. The number of amides is 2. The van der Waals surface area contributed by atoms with Crippen LogP contribution in [0.1, 0.15) is 32.4 Å². The van der Waals surface area contributed by atoms with Crippen LogP contribution in [0.5, 0.6) is 5.75 Å². The lowest BCUT2D eigenvalue weighted by Gasteiger charge is -2.42. The van der Waals surface area contributed by atoms with Crippen LogP contribution in [0, 0.1) is 0 Å². The second kappa shape index (κ2) is 6.38. The van der Waals surface area contributed by atoms with Gasteiger partial charge in [0, 0.05) is 0 Å². The first-order chi connectivity index (χ1) is 11.1. The van der Waals surface area contributed by atoms with Crippen molar-refractivity contribution in [1.29, 1.82) is 0 Å². The van der Waals surface area contributed by atoms with Crippen molar-refractivity contribution in [2.75, 3.05) is 6.54 Å². The maximum Gasteiger partial charge on any atom is 0.408 e. The van der Waals surface area contributed by atoms with E-state index in [0.29, 0.717) is 5.56 Å². The number of nitrogens with zero attached hydrogens (tertiary/aromatic N) is 1. The van der Waals surface area contributed by atoms with Crippen LogP contribution in [0.15, 0.2) is 24.3 Å². The number of benzene rings is 1. The summed E-state index contributed by atoms with van der Waals surface area (Å²) in [7, 11) is 0. The fourth-order valence-electron chi connectivity index (χ4n) is 2.35. The Labute approximate surface area is 139 Å². The summed E-state index contributed by atoms with van der Waals surface area (Å²) in [5, 5.41) is 21.1. The van der Waals surface area contributed by atoms with Gasteiger partial charge in [0.15, 0.2) is 6.04 Å². The molecule has 0 radical (unpaired) electrons. The van der Waals surface area contributed by atoms with E-state index in [4.69, 9.17) is 4.74 Å². The molecule has 1 heterocycles. The third-order valence-electron chi connectivity index (χ3n) is 3.41. The van der Waals surface area contributed by atoms with E-state index in [-0.39, 0.29) is 12.3 Å². The van der Waals surface area contributed by atoms with Gasteiger partial charge < -0.3 is 25.2 Å². The number of carbonyl (C=O) groups excluding carboxylic acids is 2. The minimum Gasteiger partial charge on any atom is -0.508 e. The number of β-lactam (4-membered cyclic amide) rings is 1. The molecule has 2 atom stereocenters. The highest BCUT2D eigenvalue weighted by atomic mass is 16.6. The molecule has 1 aliphatic rings. The van der Waals surface area contributed by atoms with E-state index in [0.717, 1.165) is 4.90 Å². The van der Waals surface area contributed by atoms with Gasteiger partial charge in [-0.2, -0.15) is 0 Å². The first kappa shape index (κ1) is 17.6. The Morgan fingerprint density at radius 1 is 1.29 bits per heavy atom. The summed E-state index contributed by atoms with van der Waals surface area (Å²) in [5.74, 6) is -1.69. The van der Waals surface area contributed by atoms with Gasteiger partial charge in [0.1, 0.15) is 17.4 Å². The molecule has 1 fully saturated rings.